The average Bonchev–Trinajstić information content (AvgIpc) is 3.00. The summed E-state index contributed by atoms with van der Waals surface area (Å²) in [6.45, 7) is 2.01. The summed E-state index contributed by atoms with van der Waals surface area (Å²) in [5.41, 5.74) is 2.06. The first kappa shape index (κ1) is 10.2. The number of nitrogens with zero attached hydrogens (tertiary/aromatic N) is 1. The van der Waals surface area contributed by atoms with E-state index in [-0.39, 0.29) is 11.8 Å². The van der Waals surface area contributed by atoms with Crippen LogP contribution in [0.1, 0.15) is 49.4 Å². The van der Waals surface area contributed by atoms with E-state index in [9.17, 15) is 4.79 Å². The second-order valence-electron chi connectivity index (χ2n) is 4.10. The third kappa shape index (κ3) is 2.03. The molecule has 0 aliphatic heterocycles. The standard InChI is InChI=1S/C11H17N3O/c1-3-8(11(15)12-2)10-6-9(13-14-10)7-4-5-7/h6-8H,3-5H2,1-2H3,(H,12,15)(H,13,14). The summed E-state index contributed by atoms with van der Waals surface area (Å²) in [4.78, 5) is 11.6. The Morgan fingerprint density at radius 3 is 3.00 bits per heavy atom. The summed E-state index contributed by atoms with van der Waals surface area (Å²) in [7, 11) is 1.67. The Labute approximate surface area is 89.5 Å². The van der Waals surface area contributed by atoms with Crippen LogP contribution in [0.4, 0.5) is 0 Å². The predicted octanol–water partition coefficient (Wildman–Crippen LogP) is 1.53. The molecule has 15 heavy (non-hydrogen) atoms. The van der Waals surface area contributed by atoms with Crippen LogP contribution in [0.2, 0.25) is 0 Å². The average molecular weight is 207 g/mol. The Hall–Kier alpha value is -1.32. The summed E-state index contributed by atoms with van der Waals surface area (Å²) in [5.74, 6) is 0.596. The number of hydrogen-bond acceptors (Lipinski definition) is 2. The zero-order valence-corrected chi connectivity index (χ0v) is 9.21. The van der Waals surface area contributed by atoms with Crippen molar-refractivity contribution >= 4 is 5.91 Å². The molecule has 1 atom stereocenters. The lowest BCUT2D eigenvalue weighted by molar-refractivity contribution is -0.122. The van der Waals surface area contributed by atoms with Gasteiger partial charge in [-0.3, -0.25) is 9.89 Å². The molecular weight excluding hydrogens is 190 g/mol. The minimum atomic E-state index is -0.112. The Kier molecular flexibility index (Phi) is 2.75. The molecule has 1 aliphatic carbocycles. The minimum absolute atomic E-state index is 0.0475. The van der Waals surface area contributed by atoms with Crippen molar-refractivity contribution in [3.05, 3.63) is 17.5 Å². The number of H-pyrrole nitrogens is 1. The number of likely N-dealkylation sites (N-methyl/N-ethyl adjacent to an activating group) is 1. The molecule has 0 spiro atoms. The highest BCUT2D eigenvalue weighted by Crippen LogP contribution is 2.39. The molecule has 0 aromatic carbocycles. The van der Waals surface area contributed by atoms with E-state index in [0.29, 0.717) is 5.92 Å². The Balaban J connectivity index is 2.14. The highest BCUT2D eigenvalue weighted by molar-refractivity contribution is 5.82. The van der Waals surface area contributed by atoms with Crippen molar-refractivity contribution in [2.24, 2.45) is 0 Å². The van der Waals surface area contributed by atoms with Crippen LogP contribution in [0.15, 0.2) is 6.07 Å². The van der Waals surface area contributed by atoms with Gasteiger partial charge < -0.3 is 5.32 Å². The molecule has 82 valence electrons. The number of carbonyl (C=O) groups excluding carboxylic acids is 1. The molecule has 0 radical (unpaired) electrons. The van der Waals surface area contributed by atoms with Crippen LogP contribution in [-0.4, -0.2) is 23.2 Å². The monoisotopic (exact) mass is 207 g/mol. The van der Waals surface area contributed by atoms with E-state index in [0.717, 1.165) is 12.1 Å². The molecule has 1 unspecified atom stereocenters. The molecule has 4 heteroatoms. The largest absolute Gasteiger partial charge is 0.359 e. The maximum absolute atomic E-state index is 11.6. The highest BCUT2D eigenvalue weighted by Gasteiger charge is 2.27. The molecule has 1 aromatic rings. The first-order chi connectivity index (χ1) is 7.26. The van der Waals surface area contributed by atoms with Crippen LogP contribution < -0.4 is 5.32 Å². The maximum atomic E-state index is 11.6. The predicted molar refractivity (Wildman–Crippen MR) is 57.7 cm³/mol. The smallest absolute Gasteiger partial charge is 0.228 e. The van der Waals surface area contributed by atoms with E-state index in [1.807, 2.05) is 13.0 Å². The molecule has 1 aromatic heterocycles. The van der Waals surface area contributed by atoms with Crippen molar-refractivity contribution in [1.29, 1.82) is 0 Å². The van der Waals surface area contributed by atoms with Gasteiger partial charge in [-0.1, -0.05) is 6.92 Å². The normalized spacial score (nSPS) is 17.5. The molecular formula is C11H17N3O. The lowest BCUT2D eigenvalue weighted by Crippen LogP contribution is -2.25. The number of amides is 1. The van der Waals surface area contributed by atoms with Crippen molar-refractivity contribution in [3.8, 4) is 0 Å². The van der Waals surface area contributed by atoms with Crippen LogP contribution >= 0.6 is 0 Å². The minimum Gasteiger partial charge on any atom is -0.359 e. The molecule has 0 saturated heterocycles. The Morgan fingerprint density at radius 1 is 1.73 bits per heavy atom. The van der Waals surface area contributed by atoms with Gasteiger partial charge in [-0.05, 0) is 25.3 Å². The fourth-order valence-electron chi connectivity index (χ4n) is 1.84. The van der Waals surface area contributed by atoms with E-state index in [1.54, 1.807) is 7.05 Å². The van der Waals surface area contributed by atoms with Crippen LogP contribution in [0, 0.1) is 0 Å². The lowest BCUT2D eigenvalue weighted by atomic mass is 10.0. The van der Waals surface area contributed by atoms with E-state index in [2.05, 4.69) is 15.5 Å². The topological polar surface area (TPSA) is 57.8 Å². The number of nitrogens with one attached hydrogen (secondary N) is 2. The summed E-state index contributed by atoms with van der Waals surface area (Å²) in [6, 6.07) is 2.04. The molecule has 1 heterocycles. The SMILES string of the molecule is CCC(C(=O)NC)c1cc(C2CC2)[nH]n1. The number of rotatable bonds is 4. The second-order valence-corrected chi connectivity index (χ2v) is 4.10. The van der Waals surface area contributed by atoms with Crippen LogP contribution in [0.5, 0.6) is 0 Å². The zero-order valence-electron chi connectivity index (χ0n) is 9.21. The van der Waals surface area contributed by atoms with Gasteiger partial charge in [0.2, 0.25) is 5.91 Å². The fraction of sp³-hybridized carbons (Fsp3) is 0.636. The van der Waals surface area contributed by atoms with E-state index in [4.69, 9.17) is 0 Å². The van der Waals surface area contributed by atoms with Gasteiger partial charge in [-0.25, -0.2) is 0 Å². The van der Waals surface area contributed by atoms with Crippen molar-refractivity contribution in [3.63, 3.8) is 0 Å². The molecule has 4 nitrogen and oxygen atoms in total. The number of aromatic amines is 1. The Morgan fingerprint density at radius 2 is 2.47 bits per heavy atom. The second kappa shape index (κ2) is 4.04. The first-order valence-electron chi connectivity index (χ1n) is 5.53. The van der Waals surface area contributed by atoms with Crippen molar-refractivity contribution in [2.45, 2.75) is 38.0 Å². The number of hydrogen-bond donors (Lipinski definition) is 2. The van der Waals surface area contributed by atoms with Crippen molar-refractivity contribution in [2.75, 3.05) is 7.05 Å². The summed E-state index contributed by atoms with van der Waals surface area (Å²) in [5, 5.41) is 9.94. The van der Waals surface area contributed by atoms with Gasteiger partial charge in [0.1, 0.15) is 0 Å². The van der Waals surface area contributed by atoms with Crippen molar-refractivity contribution in [1.82, 2.24) is 15.5 Å². The van der Waals surface area contributed by atoms with Crippen molar-refractivity contribution < 1.29 is 4.79 Å². The van der Waals surface area contributed by atoms with E-state index >= 15 is 0 Å². The van der Waals surface area contributed by atoms with Gasteiger partial charge in [0.05, 0.1) is 11.6 Å². The molecule has 1 saturated carbocycles. The molecule has 1 aliphatic rings. The molecule has 2 rings (SSSR count). The molecule has 1 amide bonds. The van der Waals surface area contributed by atoms with Gasteiger partial charge in [0.15, 0.2) is 0 Å². The van der Waals surface area contributed by atoms with Gasteiger partial charge >= 0.3 is 0 Å². The highest BCUT2D eigenvalue weighted by atomic mass is 16.1. The molecule has 2 N–H and O–H groups in total. The van der Waals surface area contributed by atoms with Gasteiger partial charge in [-0.2, -0.15) is 5.10 Å². The number of aromatic nitrogens is 2. The lowest BCUT2D eigenvalue weighted by Gasteiger charge is -2.09. The zero-order chi connectivity index (χ0) is 10.8. The van der Waals surface area contributed by atoms with Gasteiger partial charge in [0, 0.05) is 18.7 Å². The van der Waals surface area contributed by atoms with Gasteiger partial charge in [-0.15, -0.1) is 0 Å². The summed E-state index contributed by atoms with van der Waals surface area (Å²) < 4.78 is 0. The molecule has 0 bridgehead atoms. The van der Waals surface area contributed by atoms with E-state index in [1.165, 1.54) is 18.5 Å². The summed E-state index contributed by atoms with van der Waals surface area (Å²) >= 11 is 0. The number of carbonyl (C=O) groups is 1. The first-order valence-corrected chi connectivity index (χ1v) is 5.53. The Bertz CT molecular complexity index is 354. The van der Waals surface area contributed by atoms with Crippen LogP contribution in [-0.2, 0) is 4.79 Å². The van der Waals surface area contributed by atoms with Crippen LogP contribution in [0.3, 0.4) is 0 Å². The third-order valence-corrected chi connectivity index (χ3v) is 2.96. The summed E-state index contributed by atoms with van der Waals surface area (Å²) in [6.07, 6.45) is 3.28. The van der Waals surface area contributed by atoms with Crippen LogP contribution in [0.25, 0.3) is 0 Å². The fourth-order valence-corrected chi connectivity index (χ4v) is 1.84. The molecule has 1 fully saturated rings. The van der Waals surface area contributed by atoms with E-state index < -0.39 is 0 Å². The quantitative estimate of drug-likeness (QED) is 0.786. The third-order valence-electron chi connectivity index (χ3n) is 2.96. The maximum Gasteiger partial charge on any atom is 0.228 e. The van der Waals surface area contributed by atoms with Gasteiger partial charge in [0.25, 0.3) is 0 Å².